The van der Waals surface area contributed by atoms with E-state index in [1.54, 1.807) is 6.92 Å². The number of hydrogen-bond donors (Lipinski definition) is 2. The van der Waals surface area contributed by atoms with E-state index in [2.05, 4.69) is 24.1 Å². The van der Waals surface area contributed by atoms with E-state index < -0.39 is 0 Å². The summed E-state index contributed by atoms with van der Waals surface area (Å²) in [6.07, 6.45) is 4.26. The van der Waals surface area contributed by atoms with E-state index in [-0.39, 0.29) is 17.7 Å². The molecule has 0 amide bonds. The molecule has 3 N–H and O–H groups in total. The van der Waals surface area contributed by atoms with Crippen LogP contribution in [0.5, 0.6) is 0 Å². The molecule has 0 saturated heterocycles. The van der Waals surface area contributed by atoms with E-state index in [0.29, 0.717) is 63.2 Å². The molecule has 0 aromatic heterocycles. The summed E-state index contributed by atoms with van der Waals surface area (Å²) in [6, 6.07) is 0. The van der Waals surface area contributed by atoms with Crippen molar-refractivity contribution in [2.24, 2.45) is 23.5 Å². The van der Waals surface area contributed by atoms with Crippen molar-refractivity contribution in [3.8, 4) is 0 Å². The molecule has 0 fully saturated rings. The monoisotopic (exact) mass is 443 g/mol. The third-order valence-electron chi connectivity index (χ3n) is 5.69. The van der Waals surface area contributed by atoms with E-state index in [1.807, 2.05) is 0 Å². The molecule has 0 bridgehead atoms. The number of Topliss-reactive ketones (excluding diaryl/α,β-unsaturated/α-hetero) is 1. The van der Waals surface area contributed by atoms with E-state index >= 15 is 0 Å². The van der Waals surface area contributed by atoms with Crippen molar-refractivity contribution < 1.29 is 23.9 Å². The summed E-state index contributed by atoms with van der Waals surface area (Å²) in [4.78, 5) is 36.5. The van der Waals surface area contributed by atoms with E-state index in [0.717, 1.165) is 32.4 Å². The zero-order valence-corrected chi connectivity index (χ0v) is 20.3. The number of hydrogen-bond acceptors (Lipinski definition) is 8. The van der Waals surface area contributed by atoms with Gasteiger partial charge < -0.3 is 25.4 Å². The van der Waals surface area contributed by atoms with Gasteiger partial charge in [0.2, 0.25) is 0 Å². The zero-order valence-electron chi connectivity index (χ0n) is 20.3. The lowest BCUT2D eigenvalue weighted by Crippen LogP contribution is -2.35. The quantitative estimate of drug-likeness (QED) is 0.230. The molecule has 0 aliphatic heterocycles. The fraction of sp³-hybridized carbons (Fsp3) is 0.870. The highest BCUT2D eigenvalue weighted by molar-refractivity contribution is 5.75. The first-order valence-corrected chi connectivity index (χ1v) is 11.5. The van der Waals surface area contributed by atoms with Crippen LogP contribution in [0.4, 0.5) is 0 Å². The number of ketones is 1. The van der Waals surface area contributed by atoms with Gasteiger partial charge in [0, 0.05) is 32.6 Å². The second-order valence-corrected chi connectivity index (χ2v) is 8.56. The Kier molecular flexibility index (Phi) is 17.2. The number of rotatable bonds is 19. The summed E-state index contributed by atoms with van der Waals surface area (Å²) in [7, 11) is 2.77. The summed E-state index contributed by atoms with van der Waals surface area (Å²) in [5, 5.41) is 3.43. The Morgan fingerprint density at radius 3 is 2.00 bits per heavy atom. The zero-order chi connectivity index (χ0) is 23.6. The predicted molar refractivity (Wildman–Crippen MR) is 123 cm³/mol. The van der Waals surface area contributed by atoms with Gasteiger partial charge in [0.1, 0.15) is 5.78 Å². The molecule has 0 aliphatic carbocycles. The minimum atomic E-state index is -0.253. The molecule has 0 aromatic rings. The first-order chi connectivity index (χ1) is 14.7. The van der Waals surface area contributed by atoms with Gasteiger partial charge >= 0.3 is 11.9 Å². The van der Waals surface area contributed by atoms with Crippen LogP contribution in [0, 0.1) is 17.8 Å². The third-order valence-corrected chi connectivity index (χ3v) is 5.69. The van der Waals surface area contributed by atoms with Crippen molar-refractivity contribution in [1.29, 1.82) is 0 Å². The highest BCUT2D eigenvalue weighted by Crippen LogP contribution is 2.22. The molecular weight excluding hydrogens is 398 g/mol. The second-order valence-electron chi connectivity index (χ2n) is 8.56. The maximum atomic E-state index is 11.6. The SMILES string of the molecule is CCC(CN)CC(CNCCC(C)=O)CC(C)CN(CCC(=O)OC)CCC(=O)OC. The minimum absolute atomic E-state index is 0.192. The Hall–Kier alpha value is -1.51. The molecular formula is C23H45N3O5. The number of ether oxygens (including phenoxy) is 2. The first-order valence-electron chi connectivity index (χ1n) is 11.5. The standard InChI is InChI=1S/C23H45N3O5/c1-6-20(15-24)14-21(16-25-10-7-19(3)27)13-18(2)17-26(11-8-22(28)30-4)12-9-23(29)31-5/h18,20-21,25H,6-17,24H2,1-5H3. The lowest BCUT2D eigenvalue weighted by atomic mass is 9.86. The summed E-state index contributed by atoms with van der Waals surface area (Å²) >= 11 is 0. The Morgan fingerprint density at radius 2 is 1.55 bits per heavy atom. The topological polar surface area (TPSA) is 111 Å². The van der Waals surface area contributed by atoms with Gasteiger partial charge in [0.05, 0.1) is 27.1 Å². The van der Waals surface area contributed by atoms with E-state index in [4.69, 9.17) is 15.2 Å². The number of carbonyl (C=O) groups excluding carboxylic acids is 3. The van der Waals surface area contributed by atoms with Gasteiger partial charge in [0.15, 0.2) is 0 Å². The van der Waals surface area contributed by atoms with Crippen molar-refractivity contribution in [2.75, 3.05) is 53.5 Å². The van der Waals surface area contributed by atoms with Gasteiger partial charge in [-0.05, 0) is 50.6 Å². The van der Waals surface area contributed by atoms with Crippen LogP contribution in [-0.4, -0.2) is 76.1 Å². The van der Waals surface area contributed by atoms with Gasteiger partial charge in [-0.2, -0.15) is 0 Å². The molecule has 3 unspecified atom stereocenters. The third kappa shape index (κ3) is 15.9. The average molecular weight is 444 g/mol. The largest absolute Gasteiger partial charge is 0.469 e. The summed E-state index contributed by atoms with van der Waals surface area (Å²) in [5.74, 6) is 1.01. The van der Waals surface area contributed by atoms with Crippen molar-refractivity contribution >= 4 is 17.7 Å². The number of nitrogens with one attached hydrogen (secondary N) is 1. The Bertz CT molecular complexity index is 491. The normalized spacial score (nSPS) is 14.2. The fourth-order valence-corrected chi connectivity index (χ4v) is 3.82. The molecule has 0 radical (unpaired) electrons. The molecule has 8 heteroatoms. The Balaban J connectivity index is 4.88. The van der Waals surface area contributed by atoms with Crippen molar-refractivity contribution in [3.05, 3.63) is 0 Å². The lowest BCUT2D eigenvalue weighted by molar-refractivity contribution is -0.141. The number of esters is 2. The van der Waals surface area contributed by atoms with Gasteiger partial charge in [-0.15, -0.1) is 0 Å². The van der Waals surface area contributed by atoms with Gasteiger partial charge in [0.25, 0.3) is 0 Å². The molecule has 8 nitrogen and oxygen atoms in total. The Morgan fingerprint density at radius 1 is 0.968 bits per heavy atom. The summed E-state index contributed by atoms with van der Waals surface area (Å²) < 4.78 is 9.51. The van der Waals surface area contributed by atoms with Crippen molar-refractivity contribution in [1.82, 2.24) is 10.2 Å². The highest BCUT2D eigenvalue weighted by Gasteiger charge is 2.20. The molecule has 0 saturated carbocycles. The van der Waals surface area contributed by atoms with Crippen LogP contribution in [0.1, 0.15) is 59.3 Å². The van der Waals surface area contributed by atoms with Gasteiger partial charge in [-0.25, -0.2) is 0 Å². The maximum Gasteiger partial charge on any atom is 0.306 e. The first kappa shape index (κ1) is 29.5. The molecule has 0 aromatic carbocycles. The predicted octanol–water partition coefficient (Wildman–Crippen LogP) is 2.00. The van der Waals surface area contributed by atoms with Crippen LogP contribution in [0.2, 0.25) is 0 Å². The number of methoxy groups -OCH3 is 2. The minimum Gasteiger partial charge on any atom is -0.469 e. The molecule has 0 aliphatic rings. The Labute approximate surface area is 188 Å². The van der Waals surface area contributed by atoms with Crippen molar-refractivity contribution in [3.63, 3.8) is 0 Å². The van der Waals surface area contributed by atoms with Crippen molar-refractivity contribution in [2.45, 2.75) is 59.3 Å². The van der Waals surface area contributed by atoms with Crippen LogP contribution in [0.25, 0.3) is 0 Å². The number of nitrogens with two attached hydrogens (primary N) is 1. The number of nitrogens with zero attached hydrogens (tertiary/aromatic N) is 1. The van der Waals surface area contributed by atoms with Crippen LogP contribution in [0.3, 0.4) is 0 Å². The molecule has 31 heavy (non-hydrogen) atoms. The van der Waals surface area contributed by atoms with Gasteiger partial charge in [-0.1, -0.05) is 20.3 Å². The summed E-state index contributed by atoms with van der Waals surface area (Å²) in [6.45, 7) is 10.1. The highest BCUT2D eigenvalue weighted by atomic mass is 16.5. The molecule has 0 rings (SSSR count). The molecule has 3 atom stereocenters. The van der Waals surface area contributed by atoms with Crippen LogP contribution < -0.4 is 11.1 Å². The second kappa shape index (κ2) is 18.1. The molecule has 182 valence electrons. The smallest absolute Gasteiger partial charge is 0.306 e. The lowest BCUT2D eigenvalue weighted by Gasteiger charge is -2.29. The maximum absolute atomic E-state index is 11.6. The van der Waals surface area contributed by atoms with Crippen LogP contribution >= 0.6 is 0 Å². The van der Waals surface area contributed by atoms with Crippen LogP contribution in [0.15, 0.2) is 0 Å². The molecule has 0 heterocycles. The van der Waals surface area contributed by atoms with E-state index in [1.165, 1.54) is 14.2 Å². The molecule has 0 spiro atoms. The number of carbonyl (C=O) groups is 3. The van der Waals surface area contributed by atoms with Gasteiger partial charge in [-0.3, -0.25) is 14.4 Å². The fourth-order valence-electron chi connectivity index (χ4n) is 3.82. The van der Waals surface area contributed by atoms with E-state index in [9.17, 15) is 14.4 Å². The summed E-state index contributed by atoms with van der Waals surface area (Å²) in [5.41, 5.74) is 5.94. The van der Waals surface area contributed by atoms with Crippen LogP contribution in [-0.2, 0) is 23.9 Å². The average Bonchev–Trinajstić information content (AvgIpc) is 2.75.